The van der Waals surface area contributed by atoms with Crippen molar-refractivity contribution in [2.75, 3.05) is 0 Å². The fourth-order valence-corrected chi connectivity index (χ4v) is 5.93. The molecule has 0 saturated carbocycles. The van der Waals surface area contributed by atoms with Crippen LogP contribution < -0.4 is 0 Å². The molecule has 13 heavy (non-hydrogen) atoms. The van der Waals surface area contributed by atoms with Gasteiger partial charge in [0.15, 0.2) is 0 Å². The molecular formula is C12H21Zr. The molecule has 0 heterocycles. The van der Waals surface area contributed by atoms with Crippen LogP contribution in [0, 0.1) is 0 Å². The first-order valence-electron chi connectivity index (χ1n) is 5.30. The SMILES string of the molecule is CCCC[C]1([Zr]([CH3])[CH3])C=CC(C)=C1. The molecule has 0 bridgehead atoms. The van der Waals surface area contributed by atoms with Crippen molar-refractivity contribution in [3.63, 3.8) is 0 Å². The molecule has 0 spiro atoms. The Kier molecular flexibility index (Phi) is 4.17. The van der Waals surface area contributed by atoms with Gasteiger partial charge in [-0.15, -0.1) is 0 Å². The third-order valence-corrected chi connectivity index (χ3v) is 8.96. The summed E-state index contributed by atoms with van der Waals surface area (Å²) in [4.78, 5) is 0. The van der Waals surface area contributed by atoms with E-state index < -0.39 is 21.8 Å². The van der Waals surface area contributed by atoms with Gasteiger partial charge in [-0.25, -0.2) is 0 Å². The molecule has 0 N–H and O–H groups in total. The normalized spacial score (nSPS) is 26.3. The van der Waals surface area contributed by atoms with Gasteiger partial charge in [0, 0.05) is 0 Å². The predicted octanol–water partition coefficient (Wildman–Crippen LogP) is 4.57. The molecule has 0 fully saturated rings. The Morgan fingerprint density at radius 1 is 1.38 bits per heavy atom. The summed E-state index contributed by atoms with van der Waals surface area (Å²) < 4.78 is 5.62. The molecule has 0 aliphatic heterocycles. The van der Waals surface area contributed by atoms with E-state index in [0.717, 1.165) is 0 Å². The summed E-state index contributed by atoms with van der Waals surface area (Å²) >= 11 is -1.14. The molecule has 0 amide bonds. The van der Waals surface area contributed by atoms with Crippen LogP contribution in [-0.2, 0) is 21.8 Å². The van der Waals surface area contributed by atoms with Gasteiger partial charge in [0.2, 0.25) is 0 Å². The van der Waals surface area contributed by atoms with Gasteiger partial charge in [-0.2, -0.15) is 0 Å². The number of allylic oxidation sites excluding steroid dienone is 4. The van der Waals surface area contributed by atoms with Crippen molar-refractivity contribution in [1.29, 1.82) is 0 Å². The number of rotatable bonds is 4. The fourth-order valence-electron chi connectivity index (χ4n) is 1.97. The van der Waals surface area contributed by atoms with Crippen LogP contribution in [0.3, 0.4) is 0 Å². The number of unbranched alkanes of at least 4 members (excludes halogenated alkanes) is 1. The summed E-state index contributed by atoms with van der Waals surface area (Å²) in [6.45, 7) is 4.52. The molecule has 1 unspecified atom stereocenters. The van der Waals surface area contributed by atoms with Crippen molar-refractivity contribution < 1.29 is 21.8 Å². The minimum atomic E-state index is -1.14. The molecule has 0 saturated heterocycles. The van der Waals surface area contributed by atoms with E-state index in [2.05, 4.69) is 41.3 Å². The minimum absolute atomic E-state index is 0.572. The van der Waals surface area contributed by atoms with Crippen molar-refractivity contribution >= 4 is 0 Å². The second-order valence-electron chi connectivity index (χ2n) is 4.37. The van der Waals surface area contributed by atoms with Gasteiger partial charge in [0.05, 0.1) is 0 Å². The summed E-state index contributed by atoms with van der Waals surface area (Å²) in [6.07, 6.45) is 11.5. The van der Waals surface area contributed by atoms with Crippen LogP contribution in [-0.4, -0.2) is 0 Å². The average Bonchev–Trinajstić information content (AvgIpc) is 2.45. The first-order valence-corrected chi connectivity index (χ1v) is 11.4. The molecular weight excluding hydrogens is 235 g/mol. The molecule has 1 rings (SSSR count). The summed E-state index contributed by atoms with van der Waals surface area (Å²) in [6, 6.07) is 0. The summed E-state index contributed by atoms with van der Waals surface area (Å²) in [5, 5.41) is 0. The first kappa shape index (κ1) is 11.4. The van der Waals surface area contributed by atoms with Crippen LogP contribution in [0.5, 0.6) is 0 Å². The van der Waals surface area contributed by atoms with Gasteiger partial charge < -0.3 is 0 Å². The standard InChI is InChI=1S/C10H15.2CH3.Zr/c1-3-4-5-10-7-6-9(2)8-10;;;/h6-8H,3-5H2,1-2H3;2*1H3;. The van der Waals surface area contributed by atoms with Crippen LogP contribution in [0.25, 0.3) is 0 Å². The van der Waals surface area contributed by atoms with E-state index in [4.69, 9.17) is 0 Å². The maximum absolute atomic E-state index is 2.54. The topological polar surface area (TPSA) is 0 Å². The Morgan fingerprint density at radius 3 is 2.46 bits per heavy atom. The Hall–Kier alpha value is 0.363. The second kappa shape index (κ2) is 4.73. The zero-order chi connectivity index (χ0) is 9.90. The Balaban J connectivity index is 2.73. The number of hydrogen-bond donors (Lipinski definition) is 0. The molecule has 1 aliphatic carbocycles. The summed E-state index contributed by atoms with van der Waals surface area (Å²) in [5.74, 6) is 0. The fraction of sp³-hybridized carbons (Fsp3) is 0.667. The molecule has 73 valence electrons. The van der Waals surface area contributed by atoms with Gasteiger partial charge in [-0.05, 0) is 0 Å². The third kappa shape index (κ3) is 2.65. The van der Waals surface area contributed by atoms with E-state index >= 15 is 0 Å². The van der Waals surface area contributed by atoms with Gasteiger partial charge >= 0.3 is 91.0 Å². The monoisotopic (exact) mass is 255 g/mol. The van der Waals surface area contributed by atoms with Crippen LogP contribution in [0.4, 0.5) is 0 Å². The first-order chi connectivity index (χ1) is 6.10. The zero-order valence-corrected chi connectivity index (χ0v) is 11.8. The van der Waals surface area contributed by atoms with Crippen molar-refractivity contribution in [3.05, 3.63) is 23.8 Å². The van der Waals surface area contributed by atoms with E-state index in [-0.39, 0.29) is 0 Å². The van der Waals surface area contributed by atoms with Crippen LogP contribution in [0.2, 0.25) is 12.4 Å². The van der Waals surface area contributed by atoms with Gasteiger partial charge in [-0.3, -0.25) is 0 Å². The Bertz CT molecular complexity index is 225. The molecule has 1 heteroatoms. The van der Waals surface area contributed by atoms with Crippen LogP contribution in [0.15, 0.2) is 23.8 Å². The van der Waals surface area contributed by atoms with Crippen LogP contribution >= 0.6 is 0 Å². The van der Waals surface area contributed by atoms with Gasteiger partial charge in [0.25, 0.3) is 0 Å². The predicted molar refractivity (Wildman–Crippen MR) is 56.8 cm³/mol. The van der Waals surface area contributed by atoms with E-state index in [9.17, 15) is 0 Å². The van der Waals surface area contributed by atoms with E-state index in [0.29, 0.717) is 3.12 Å². The quantitative estimate of drug-likeness (QED) is 0.691. The molecule has 0 aromatic carbocycles. The van der Waals surface area contributed by atoms with Crippen molar-refractivity contribution in [2.45, 2.75) is 45.5 Å². The molecule has 0 aromatic rings. The molecule has 0 aromatic heterocycles. The molecule has 0 radical (unpaired) electrons. The van der Waals surface area contributed by atoms with Crippen molar-refractivity contribution in [2.24, 2.45) is 0 Å². The summed E-state index contributed by atoms with van der Waals surface area (Å²) in [7, 11) is 0. The number of hydrogen-bond acceptors (Lipinski definition) is 0. The molecule has 0 nitrogen and oxygen atoms in total. The average molecular weight is 257 g/mol. The maximum atomic E-state index is 2.54. The van der Waals surface area contributed by atoms with E-state index in [1.54, 1.807) is 0 Å². The van der Waals surface area contributed by atoms with Gasteiger partial charge in [-0.1, -0.05) is 0 Å². The van der Waals surface area contributed by atoms with Crippen LogP contribution in [0.1, 0.15) is 33.1 Å². The molecule has 1 atom stereocenters. The third-order valence-electron chi connectivity index (χ3n) is 3.00. The second-order valence-corrected chi connectivity index (χ2v) is 11.6. The van der Waals surface area contributed by atoms with E-state index in [1.807, 2.05) is 0 Å². The zero-order valence-electron chi connectivity index (χ0n) is 9.35. The summed E-state index contributed by atoms with van der Waals surface area (Å²) in [5.41, 5.74) is 1.48. The Morgan fingerprint density at radius 2 is 2.08 bits per heavy atom. The van der Waals surface area contributed by atoms with Crippen molar-refractivity contribution in [1.82, 2.24) is 0 Å². The Labute approximate surface area is 90.8 Å². The van der Waals surface area contributed by atoms with Crippen molar-refractivity contribution in [3.8, 4) is 0 Å². The molecule has 1 aliphatic rings. The van der Waals surface area contributed by atoms with Gasteiger partial charge in [0.1, 0.15) is 0 Å². The van der Waals surface area contributed by atoms with E-state index in [1.165, 1.54) is 24.8 Å².